The number of thiazole rings is 1. The first-order valence-corrected chi connectivity index (χ1v) is 6.26. The van der Waals surface area contributed by atoms with E-state index in [0.717, 1.165) is 11.4 Å². The molecule has 1 saturated carbocycles. The van der Waals surface area contributed by atoms with Crippen LogP contribution in [0.4, 0.5) is 5.13 Å². The quantitative estimate of drug-likeness (QED) is 0.767. The number of carbonyl (C=O) groups excluding carboxylic acids is 1. The number of anilines is 1. The molecule has 1 fully saturated rings. The Bertz CT molecular complexity index is 360. The minimum atomic E-state index is 0.329. The van der Waals surface area contributed by atoms with Crippen molar-refractivity contribution in [2.75, 3.05) is 11.9 Å². The minimum Gasteiger partial charge on any atom is -0.348 e. The molecule has 0 aromatic carbocycles. The van der Waals surface area contributed by atoms with Crippen LogP contribution in [-0.4, -0.2) is 24.4 Å². The van der Waals surface area contributed by atoms with Crippen molar-refractivity contribution in [3.05, 3.63) is 10.0 Å². The summed E-state index contributed by atoms with van der Waals surface area (Å²) in [6.07, 6.45) is 5.77. The van der Waals surface area contributed by atoms with Crippen LogP contribution in [0.25, 0.3) is 0 Å². The van der Waals surface area contributed by atoms with Crippen molar-refractivity contribution in [3.63, 3.8) is 0 Å². The van der Waals surface area contributed by atoms with Gasteiger partial charge in [0.1, 0.15) is 4.88 Å². The van der Waals surface area contributed by atoms with Crippen molar-refractivity contribution in [2.24, 2.45) is 0 Å². The summed E-state index contributed by atoms with van der Waals surface area (Å²) in [5.41, 5.74) is 0. The molecule has 1 aliphatic carbocycles. The molecule has 2 rings (SSSR count). The lowest BCUT2D eigenvalue weighted by Crippen LogP contribution is -2.28. The summed E-state index contributed by atoms with van der Waals surface area (Å²) in [5, 5.41) is 1.18. The van der Waals surface area contributed by atoms with Crippen molar-refractivity contribution >= 4 is 34.4 Å². The molecular weight excluding hydrogens is 232 g/mol. The van der Waals surface area contributed by atoms with E-state index >= 15 is 0 Å². The van der Waals surface area contributed by atoms with E-state index in [4.69, 9.17) is 11.6 Å². The van der Waals surface area contributed by atoms with Crippen molar-refractivity contribution in [1.82, 2.24) is 4.98 Å². The number of halogens is 1. The Morgan fingerprint density at radius 1 is 1.53 bits per heavy atom. The zero-order valence-corrected chi connectivity index (χ0v) is 10.1. The third kappa shape index (κ3) is 2.16. The SMILES string of the molecule is CN(c1nc(Cl)c(C=O)s1)C1CCCC1. The Kier molecular flexibility index (Phi) is 3.26. The number of aromatic nitrogens is 1. The van der Waals surface area contributed by atoms with Crippen molar-refractivity contribution < 1.29 is 4.79 Å². The fourth-order valence-corrected chi connectivity index (χ4v) is 3.07. The highest BCUT2D eigenvalue weighted by atomic mass is 35.5. The van der Waals surface area contributed by atoms with E-state index in [2.05, 4.69) is 9.88 Å². The number of aldehydes is 1. The average molecular weight is 245 g/mol. The number of nitrogens with zero attached hydrogens (tertiary/aromatic N) is 2. The molecule has 1 aromatic heterocycles. The van der Waals surface area contributed by atoms with Crippen LogP contribution in [0.15, 0.2) is 0 Å². The molecule has 1 heterocycles. The summed E-state index contributed by atoms with van der Waals surface area (Å²) in [7, 11) is 2.03. The van der Waals surface area contributed by atoms with E-state index in [0.29, 0.717) is 16.1 Å². The molecule has 0 amide bonds. The molecule has 0 unspecified atom stereocenters. The third-order valence-electron chi connectivity index (χ3n) is 2.88. The maximum absolute atomic E-state index is 10.7. The van der Waals surface area contributed by atoms with Gasteiger partial charge in [0.25, 0.3) is 0 Å². The van der Waals surface area contributed by atoms with Gasteiger partial charge >= 0.3 is 0 Å². The normalized spacial score (nSPS) is 16.9. The van der Waals surface area contributed by atoms with E-state index in [1.807, 2.05) is 7.05 Å². The number of hydrogen-bond acceptors (Lipinski definition) is 4. The van der Waals surface area contributed by atoms with Crippen LogP contribution in [-0.2, 0) is 0 Å². The third-order valence-corrected chi connectivity index (χ3v) is 4.35. The largest absolute Gasteiger partial charge is 0.348 e. The summed E-state index contributed by atoms with van der Waals surface area (Å²) < 4.78 is 0. The second-order valence-electron chi connectivity index (χ2n) is 3.82. The first kappa shape index (κ1) is 10.9. The highest BCUT2D eigenvalue weighted by Gasteiger charge is 2.22. The molecule has 5 heteroatoms. The molecule has 15 heavy (non-hydrogen) atoms. The van der Waals surface area contributed by atoms with Gasteiger partial charge in [0.15, 0.2) is 16.6 Å². The molecule has 0 radical (unpaired) electrons. The summed E-state index contributed by atoms with van der Waals surface area (Å²) in [6.45, 7) is 0. The molecule has 82 valence electrons. The van der Waals surface area contributed by atoms with E-state index < -0.39 is 0 Å². The van der Waals surface area contributed by atoms with Crippen LogP contribution in [0, 0.1) is 0 Å². The smallest absolute Gasteiger partial charge is 0.187 e. The van der Waals surface area contributed by atoms with E-state index in [1.54, 1.807) is 0 Å². The van der Waals surface area contributed by atoms with Gasteiger partial charge in [-0.05, 0) is 12.8 Å². The Morgan fingerprint density at radius 3 is 2.73 bits per heavy atom. The zero-order valence-electron chi connectivity index (χ0n) is 8.57. The molecule has 1 aromatic rings. The van der Waals surface area contributed by atoms with Crippen LogP contribution in [0.3, 0.4) is 0 Å². The summed E-state index contributed by atoms with van der Waals surface area (Å²) in [6, 6.07) is 0.562. The second kappa shape index (κ2) is 4.49. The van der Waals surface area contributed by atoms with E-state index in [1.165, 1.54) is 37.0 Å². The lowest BCUT2D eigenvalue weighted by Gasteiger charge is -2.23. The highest BCUT2D eigenvalue weighted by Crippen LogP contribution is 2.32. The van der Waals surface area contributed by atoms with Gasteiger partial charge in [-0.1, -0.05) is 35.8 Å². The van der Waals surface area contributed by atoms with Gasteiger partial charge in [-0.25, -0.2) is 4.98 Å². The minimum absolute atomic E-state index is 0.329. The number of rotatable bonds is 3. The first-order chi connectivity index (χ1) is 7.22. The van der Waals surface area contributed by atoms with Crippen LogP contribution in [0.2, 0.25) is 5.15 Å². The number of carbonyl (C=O) groups is 1. The molecule has 0 spiro atoms. The van der Waals surface area contributed by atoms with E-state index in [9.17, 15) is 4.79 Å². The predicted molar refractivity (Wildman–Crippen MR) is 63.2 cm³/mol. The summed E-state index contributed by atoms with van der Waals surface area (Å²) in [4.78, 5) is 17.5. The average Bonchev–Trinajstić information content (AvgIpc) is 2.85. The standard InChI is InChI=1S/C10H13ClN2OS/c1-13(7-4-2-3-5-7)10-12-9(11)8(6-14)15-10/h6-7H,2-5H2,1H3. The molecule has 1 aliphatic rings. The van der Waals surface area contributed by atoms with E-state index in [-0.39, 0.29) is 0 Å². The molecule has 3 nitrogen and oxygen atoms in total. The molecule has 0 saturated heterocycles. The second-order valence-corrected chi connectivity index (χ2v) is 5.19. The molecule has 0 N–H and O–H groups in total. The van der Waals surface area contributed by atoms with Crippen LogP contribution < -0.4 is 4.90 Å². The van der Waals surface area contributed by atoms with Gasteiger partial charge in [0.2, 0.25) is 0 Å². The molecule has 0 bridgehead atoms. The monoisotopic (exact) mass is 244 g/mol. The van der Waals surface area contributed by atoms with Gasteiger partial charge in [-0.3, -0.25) is 4.79 Å². The van der Waals surface area contributed by atoms with Crippen LogP contribution >= 0.6 is 22.9 Å². The summed E-state index contributed by atoms with van der Waals surface area (Å²) in [5.74, 6) is 0. The van der Waals surface area contributed by atoms with Gasteiger partial charge in [0.05, 0.1) is 0 Å². The van der Waals surface area contributed by atoms with Crippen molar-refractivity contribution in [2.45, 2.75) is 31.7 Å². The lowest BCUT2D eigenvalue weighted by molar-refractivity contribution is 0.112. The Morgan fingerprint density at radius 2 is 2.20 bits per heavy atom. The predicted octanol–water partition coefficient (Wildman–Crippen LogP) is 2.99. The summed E-state index contributed by atoms with van der Waals surface area (Å²) >= 11 is 7.21. The number of hydrogen-bond donors (Lipinski definition) is 0. The van der Waals surface area contributed by atoms with Crippen molar-refractivity contribution in [3.8, 4) is 0 Å². The molecule has 0 aliphatic heterocycles. The fourth-order valence-electron chi connectivity index (χ4n) is 1.97. The zero-order chi connectivity index (χ0) is 10.8. The highest BCUT2D eigenvalue weighted by molar-refractivity contribution is 7.17. The lowest BCUT2D eigenvalue weighted by atomic mass is 10.2. The van der Waals surface area contributed by atoms with Crippen LogP contribution in [0.5, 0.6) is 0 Å². The maximum Gasteiger partial charge on any atom is 0.187 e. The van der Waals surface area contributed by atoms with Gasteiger partial charge in [-0.2, -0.15) is 0 Å². The Hall–Kier alpha value is -0.610. The van der Waals surface area contributed by atoms with Gasteiger partial charge in [0, 0.05) is 13.1 Å². The molecular formula is C10H13ClN2OS. The van der Waals surface area contributed by atoms with Crippen LogP contribution in [0.1, 0.15) is 35.4 Å². The fraction of sp³-hybridized carbons (Fsp3) is 0.600. The first-order valence-electron chi connectivity index (χ1n) is 5.06. The Labute approximate surface area is 98.1 Å². The maximum atomic E-state index is 10.7. The Balaban J connectivity index is 2.17. The van der Waals surface area contributed by atoms with Crippen molar-refractivity contribution in [1.29, 1.82) is 0 Å². The van der Waals surface area contributed by atoms with Gasteiger partial charge in [-0.15, -0.1) is 0 Å². The topological polar surface area (TPSA) is 33.2 Å². The molecule has 0 atom stereocenters. The van der Waals surface area contributed by atoms with Gasteiger partial charge < -0.3 is 4.90 Å².